The summed E-state index contributed by atoms with van der Waals surface area (Å²) in [5.41, 5.74) is 1.50. The minimum Gasteiger partial charge on any atom is -0.319 e. The molecule has 0 aliphatic carbocycles. The number of hydrogen-bond acceptors (Lipinski definition) is 2. The first-order valence-electron chi connectivity index (χ1n) is 5.39. The first-order chi connectivity index (χ1) is 6.74. The van der Waals surface area contributed by atoms with Crippen molar-refractivity contribution in [2.75, 3.05) is 13.6 Å². The molecule has 0 fully saturated rings. The summed E-state index contributed by atoms with van der Waals surface area (Å²) in [5.74, 6) is 1.58. The molecule has 1 aromatic heterocycles. The lowest BCUT2D eigenvalue weighted by atomic mass is 9.90. The number of hydrogen-bond donors (Lipinski definition) is 1. The Morgan fingerprint density at radius 3 is 2.71 bits per heavy atom. The summed E-state index contributed by atoms with van der Waals surface area (Å²) in [5, 5.41) is 7.67. The Balaban J connectivity index is 2.24. The van der Waals surface area contributed by atoms with E-state index in [2.05, 4.69) is 36.0 Å². The highest BCUT2D eigenvalue weighted by Gasteiger charge is 2.10. The van der Waals surface area contributed by atoms with Crippen LogP contribution < -0.4 is 5.32 Å². The van der Waals surface area contributed by atoms with Gasteiger partial charge in [0.1, 0.15) is 0 Å². The summed E-state index contributed by atoms with van der Waals surface area (Å²) < 4.78 is 0. The van der Waals surface area contributed by atoms with E-state index in [0.717, 1.165) is 18.4 Å². The molecule has 0 bridgehead atoms. The summed E-state index contributed by atoms with van der Waals surface area (Å²) in [4.78, 5) is 0. The molecule has 0 aliphatic rings. The highest BCUT2D eigenvalue weighted by Crippen LogP contribution is 2.18. The molecule has 0 spiro atoms. The second-order valence-corrected chi connectivity index (χ2v) is 4.96. The molecule has 0 radical (unpaired) electrons. The Kier molecular flexibility index (Phi) is 5.20. The SMILES string of the molecule is CNCC(C)C(C)CCc1ccsc1. The van der Waals surface area contributed by atoms with Crippen molar-refractivity contribution in [2.45, 2.75) is 26.7 Å². The Morgan fingerprint density at radius 2 is 2.14 bits per heavy atom. The maximum Gasteiger partial charge on any atom is -0.00236 e. The van der Waals surface area contributed by atoms with Crippen LogP contribution in [0.4, 0.5) is 0 Å². The van der Waals surface area contributed by atoms with Crippen LogP contribution >= 0.6 is 11.3 Å². The number of rotatable bonds is 6. The van der Waals surface area contributed by atoms with Crippen LogP contribution in [0.2, 0.25) is 0 Å². The van der Waals surface area contributed by atoms with Gasteiger partial charge in [-0.3, -0.25) is 0 Å². The number of aryl methyl sites for hydroxylation is 1. The molecular formula is C12H21NS. The molecule has 1 rings (SSSR count). The molecule has 0 saturated heterocycles. The maximum atomic E-state index is 3.24. The summed E-state index contributed by atoms with van der Waals surface area (Å²) in [6, 6.07) is 2.24. The van der Waals surface area contributed by atoms with E-state index in [4.69, 9.17) is 0 Å². The first-order valence-corrected chi connectivity index (χ1v) is 6.34. The lowest BCUT2D eigenvalue weighted by Gasteiger charge is -2.19. The van der Waals surface area contributed by atoms with Crippen LogP contribution in [0.5, 0.6) is 0 Å². The van der Waals surface area contributed by atoms with Gasteiger partial charge >= 0.3 is 0 Å². The van der Waals surface area contributed by atoms with E-state index < -0.39 is 0 Å². The average Bonchev–Trinajstić information content (AvgIpc) is 2.67. The molecule has 1 N–H and O–H groups in total. The summed E-state index contributed by atoms with van der Waals surface area (Å²) in [7, 11) is 2.03. The lowest BCUT2D eigenvalue weighted by Crippen LogP contribution is -2.22. The van der Waals surface area contributed by atoms with E-state index in [1.165, 1.54) is 18.4 Å². The van der Waals surface area contributed by atoms with Gasteiger partial charge in [0.25, 0.3) is 0 Å². The van der Waals surface area contributed by atoms with Crippen LogP contribution in [0.25, 0.3) is 0 Å². The van der Waals surface area contributed by atoms with Gasteiger partial charge in [0.2, 0.25) is 0 Å². The van der Waals surface area contributed by atoms with E-state index in [9.17, 15) is 0 Å². The molecule has 0 amide bonds. The zero-order valence-electron chi connectivity index (χ0n) is 9.42. The first kappa shape index (κ1) is 11.7. The minimum absolute atomic E-state index is 0.777. The second-order valence-electron chi connectivity index (χ2n) is 4.18. The molecule has 2 heteroatoms. The number of nitrogens with one attached hydrogen (secondary N) is 1. The summed E-state index contributed by atoms with van der Waals surface area (Å²) >= 11 is 1.80. The van der Waals surface area contributed by atoms with E-state index >= 15 is 0 Å². The monoisotopic (exact) mass is 211 g/mol. The second kappa shape index (κ2) is 6.20. The molecule has 1 nitrogen and oxygen atoms in total. The Hall–Kier alpha value is -0.340. The molecule has 2 atom stereocenters. The van der Waals surface area contributed by atoms with Crippen molar-refractivity contribution in [3.63, 3.8) is 0 Å². The third-order valence-corrected chi connectivity index (χ3v) is 3.70. The third kappa shape index (κ3) is 3.81. The fraction of sp³-hybridized carbons (Fsp3) is 0.667. The molecular weight excluding hydrogens is 190 g/mol. The largest absolute Gasteiger partial charge is 0.319 e. The Bertz CT molecular complexity index is 230. The average molecular weight is 211 g/mol. The summed E-state index contributed by atoms with van der Waals surface area (Å²) in [6.07, 6.45) is 2.54. The van der Waals surface area contributed by atoms with E-state index in [-0.39, 0.29) is 0 Å². The van der Waals surface area contributed by atoms with Crippen molar-refractivity contribution in [2.24, 2.45) is 11.8 Å². The maximum absolute atomic E-state index is 3.24. The van der Waals surface area contributed by atoms with Gasteiger partial charge in [-0.25, -0.2) is 0 Å². The van der Waals surface area contributed by atoms with Gasteiger partial charge in [0, 0.05) is 0 Å². The van der Waals surface area contributed by atoms with Gasteiger partial charge in [-0.15, -0.1) is 0 Å². The fourth-order valence-electron chi connectivity index (χ4n) is 1.64. The van der Waals surface area contributed by atoms with E-state index in [1.807, 2.05) is 7.05 Å². The third-order valence-electron chi connectivity index (χ3n) is 2.97. The quantitative estimate of drug-likeness (QED) is 0.762. The highest BCUT2D eigenvalue weighted by molar-refractivity contribution is 7.07. The van der Waals surface area contributed by atoms with Gasteiger partial charge in [0.05, 0.1) is 0 Å². The molecule has 2 unspecified atom stereocenters. The van der Waals surface area contributed by atoms with Crippen LogP contribution in [-0.2, 0) is 6.42 Å². The van der Waals surface area contributed by atoms with Gasteiger partial charge in [-0.2, -0.15) is 11.3 Å². The molecule has 0 saturated carbocycles. The van der Waals surface area contributed by atoms with Gasteiger partial charge in [-0.05, 0) is 60.7 Å². The van der Waals surface area contributed by atoms with Crippen molar-refractivity contribution in [1.82, 2.24) is 5.32 Å². The van der Waals surface area contributed by atoms with Gasteiger partial charge in [0.15, 0.2) is 0 Å². The predicted octanol–water partition coefficient (Wildman–Crippen LogP) is 3.17. The smallest absolute Gasteiger partial charge is 0.00236 e. The minimum atomic E-state index is 0.777. The van der Waals surface area contributed by atoms with Crippen LogP contribution in [0.15, 0.2) is 16.8 Å². The van der Waals surface area contributed by atoms with Crippen LogP contribution in [0, 0.1) is 11.8 Å². The van der Waals surface area contributed by atoms with Gasteiger partial charge < -0.3 is 5.32 Å². The van der Waals surface area contributed by atoms with Crippen molar-refractivity contribution in [3.8, 4) is 0 Å². The molecule has 80 valence electrons. The molecule has 0 aliphatic heterocycles. The van der Waals surface area contributed by atoms with Crippen molar-refractivity contribution in [3.05, 3.63) is 22.4 Å². The lowest BCUT2D eigenvalue weighted by molar-refractivity contribution is 0.356. The fourth-order valence-corrected chi connectivity index (χ4v) is 2.34. The van der Waals surface area contributed by atoms with Crippen molar-refractivity contribution in [1.29, 1.82) is 0 Å². The Labute approximate surface area is 91.5 Å². The molecule has 1 aromatic rings. The molecule has 0 aromatic carbocycles. The van der Waals surface area contributed by atoms with Gasteiger partial charge in [-0.1, -0.05) is 13.8 Å². The van der Waals surface area contributed by atoms with E-state index in [1.54, 1.807) is 11.3 Å². The highest BCUT2D eigenvalue weighted by atomic mass is 32.1. The normalized spacial score (nSPS) is 15.4. The molecule has 1 heterocycles. The van der Waals surface area contributed by atoms with E-state index in [0.29, 0.717) is 0 Å². The van der Waals surface area contributed by atoms with Crippen molar-refractivity contribution < 1.29 is 0 Å². The molecule has 14 heavy (non-hydrogen) atoms. The van der Waals surface area contributed by atoms with Crippen molar-refractivity contribution >= 4 is 11.3 Å². The van der Waals surface area contributed by atoms with Crippen LogP contribution in [-0.4, -0.2) is 13.6 Å². The summed E-state index contributed by atoms with van der Waals surface area (Å²) in [6.45, 7) is 5.81. The van der Waals surface area contributed by atoms with Crippen LogP contribution in [0.3, 0.4) is 0 Å². The topological polar surface area (TPSA) is 12.0 Å². The predicted molar refractivity (Wildman–Crippen MR) is 64.9 cm³/mol. The standard InChI is InChI=1S/C12H21NS/c1-10(11(2)8-13-3)4-5-12-6-7-14-9-12/h6-7,9-11,13H,4-5,8H2,1-3H3. The zero-order valence-corrected chi connectivity index (χ0v) is 10.2. The number of thiophene rings is 1. The van der Waals surface area contributed by atoms with Crippen LogP contribution in [0.1, 0.15) is 25.8 Å². The Morgan fingerprint density at radius 1 is 1.36 bits per heavy atom. The zero-order chi connectivity index (χ0) is 10.4.